The number of nitrogens with zero attached hydrogens (tertiary/aromatic N) is 2. The number of halogens is 3. The van der Waals surface area contributed by atoms with Gasteiger partial charge in [0.15, 0.2) is 15.1 Å². The smallest absolute Gasteiger partial charge is 0.390 e. The van der Waals surface area contributed by atoms with Gasteiger partial charge < -0.3 is 10.4 Å². The number of sulfone groups is 1. The number of aromatic nitrogens is 1. The number of thiazole rings is 1. The lowest BCUT2D eigenvalue weighted by Crippen LogP contribution is -2.38. The highest BCUT2D eigenvalue weighted by atomic mass is 32.2. The van der Waals surface area contributed by atoms with Gasteiger partial charge in [0, 0.05) is 26.2 Å². The van der Waals surface area contributed by atoms with Gasteiger partial charge >= 0.3 is 6.18 Å². The number of primary sulfonamides is 1. The first-order valence-electron chi connectivity index (χ1n) is 12.6. The average molecular weight is 635 g/mol. The van der Waals surface area contributed by atoms with E-state index in [0.717, 1.165) is 41.0 Å². The Bertz CT molecular complexity index is 1630. The molecule has 1 saturated heterocycles. The van der Waals surface area contributed by atoms with Gasteiger partial charge in [-0.25, -0.2) is 27.0 Å². The number of aliphatic hydroxyl groups is 1. The number of fused-ring (bicyclic) bond motifs is 1. The molecule has 0 radical (unpaired) electrons. The van der Waals surface area contributed by atoms with Crippen molar-refractivity contribution in [1.82, 2.24) is 15.2 Å². The number of benzene rings is 2. The van der Waals surface area contributed by atoms with E-state index in [0.29, 0.717) is 23.3 Å². The fraction of sp³-hybridized carbons (Fsp3) is 0.440. The van der Waals surface area contributed by atoms with Crippen molar-refractivity contribution in [2.24, 2.45) is 5.14 Å². The van der Waals surface area contributed by atoms with Crippen LogP contribution in [0.5, 0.6) is 0 Å². The fourth-order valence-electron chi connectivity index (χ4n) is 4.51. The topological polar surface area (TPSA) is 160 Å². The zero-order valence-corrected chi connectivity index (χ0v) is 24.1. The molecule has 1 aromatic heterocycles. The number of β-amino-alcohol motifs (C(OH)–C–C–N with tert-alkyl or cyclic N) is 1. The van der Waals surface area contributed by atoms with Crippen molar-refractivity contribution < 1.29 is 39.9 Å². The summed E-state index contributed by atoms with van der Waals surface area (Å²) in [7, 11) is -8.67. The van der Waals surface area contributed by atoms with Gasteiger partial charge in [0.1, 0.15) is 5.01 Å². The molecular formula is C25H29F3N4O6S3. The third-order valence-electron chi connectivity index (χ3n) is 6.50. The lowest BCUT2D eigenvalue weighted by atomic mass is 10.0. The molecule has 4 rings (SSSR count). The second kappa shape index (κ2) is 12.3. The maximum Gasteiger partial charge on any atom is 0.390 e. The van der Waals surface area contributed by atoms with E-state index in [1.165, 1.54) is 0 Å². The van der Waals surface area contributed by atoms with E-state index in [1.807, 2.05) is 24.3 Å². The van der Waals surface area contributed by atoms with Gasteiger partial charge in [-0.3, -0.25) is 9.69 Å². The highest BCUT2D eigenvalue weighted by Crippen LogP contribution is 2.35. The molecule has 16 heteroatoms. The Balaban J connectivity index is 1.62. The van der Waals surface area contributed by atoms with Crippen LogP contribution >= 0.6 is 11.3 Å². The Kier molecular flexibility index (Phi) is 9.40. The molecule has 0 aliphatic carbocycles. The second-order valence-corrected chi connectivity index (χ2v) is 14.9. The van der Waals surface area contributed by atoms with Crippen molar-refractivity contribution in [3.63, 3.8) is 0 Å². The van der Waals surface area contributed by atoms with Crippen molar-refractivity contribution in [2.75, 3.05) is 31.1 Å². The molecule has 224 valence electrons. The molecule has 2 aromatic carbocycles. The van der Waals surface area contributed by atoms with Crippen molar-refractivity contribution in [3.8, 4) is 11.1 Å². The molecular weight excluding hydrogens is 605 g/mol. The minimum atomic E-state index is -4.77. The van der Waals surface area contributed by atoms with Gasteiger partial charge in [-0.1, -0.05) is 24.3 Å². The summed E-state index contributed by atoms with van der Waals surface area (Å²) in [6.07, 6.45) is -6.04. The quantitative estimate of drug-likeness (QED) is 0.290. The summed E-state index contributed by atoms with van der Waals surface area (Å²) in [6, 6.07) is 12.9. The Morgan fingerprint density at radius 2 is 1.88 bits per heavy atom. The number of sulfonamides is 1. The van der Waals surface area contributed by atoms with Crippen LogP contribution in [0.15, 0.2) is 42.5 Å². The molecule has 4 N–H and O–H groups in total. The molecule has 1 fully saturated rings. The highest BCUT2D eigenvalue weighted by molar-refractivity contribution is 7.92. The predicted molar refractivity (Wildman–Crippen MR) is 149 cm³/mol. The van der Waals surface area contributed by atoms with Gasteiger partial charge in [-0.2, -0.15) is 13.2 Å². The molecule has 10 nitrogen and oxygen atoms in total. The van der Waals surface area contributed by atoms with Gasteiger partial charge in [-0.05, 0) is 41.3 Å². The zero-order chi connectivity index (χ0) is 30.0. The number of nitrogens with two attached hydrogens (primary N) is 1. The number of nitrogens with one attached hydrogen (secondary N) is 1. The first-order chi connectivity index (χ1) is 19.1. The van der Waals surface area contributed by atoms with Crippen molar-refractivity contribution in [3.05, 3.63) is 53.0 Å². The fourth-order valence-corrected chi connectivity index (χ4v) is 7.99. The minimum absolute atomic E-state index is 0.228. The van der Waals surface area contributed by atoms with E-state index in [4.69, 9.17) is 5.14 Å². The summed E-state index contributed by atoms with van der Waals surface area (Å²) in [6.45, 7) is 1.53. The van der Waals surface area contributed by atoms with Crippen molar-refractivity contribution in [2.45, 2.75) is 36.9 Å². The number of rotatable bonds is 11. The van der Waals surface area contributed by atoms with E-state index in [2.05, 4.69) is 15.2 Å². The van der Waals surface area contributed by atoms with Crippen LogP contribution in [0.1, 0.15) is 28.7 Å². The number of likely N-dealkylation sites (tertiary alicyclic amines) is 1. The number of aliphatic hydroxyl groups excluding tert-OH is 1. The maximum absolute atomic E-state index is 13.0. The summed E-state index contributed by atoms with van der Waals surface area (Å²) in [4.78, 5) is 19.3. The molecule has 3 aromatic rings. The minimum Gasteiger partial charge on any atom is -0.392 e. The van der Waals surface area contributed by atoms with Gasteiger partial charge in [-0.15, -0.1) is 11.3 Å². The van der Waals surface area contributed by atoms with Gasteiger partial charge in [0.2, 0.25) is 15.9 Å². The summed E-state index contributed by atoms with van der Waals surface area (Å²) in [5.41, 5.74) is 3.04. The van der Waals surface area contributed by atoms with Crippen LogP contribution < -0.4 is 10.5 Å². The summed E-state index contributed by atoms with van der Waals surface area (Å²) in [5.74, 6) is -3.21. The van der Waals surface area contributed by atoms with Crippen LogP contribution in [-0.4, -0.2) is 81.2 Å². The molecule has 1 aliphatic rings. The highest BCUT2D eigenvalue weighted by Gasteiger charge is 2.40. The van der Waals surface area contributed by atoms with E-state index < -0.39 is 61.7 Å². The lowest BCUT2D eigenvalue weighted by molar-refractivity contribution is -0.130. The molecule has 0 saturated carbocycles. The monoisotopic (exact) mass is 634 g/mol. The standard InChI is InChI=1S/C25H29F3N4O6S3/c26-25(27,28)7-10-40(35,36)22(23(34)30-8-11-41(29,37)38)24-31-20-5-4-18(13-21(20)39-24)17-3-1-2-16(12-17)14-32-9-6-19(33)15-32/h1-5,12-13,19,22,33H,6-11,14-15H2,(H,30,34)(H2,29,37,38)/t19-,22?/m1/s1. The van der Waals surface area contributed by atoms with Crippen LogP contribution in [0.25, 0.3) is 21.3 Å². The predicted octanol–water partition coefficient (Wildman–Crippen LogP) is 2.34. The van der Waals surface area contributed by atoms with E-state index >= 15 is 0 Å². The Labute approximate surface area is 239 Å². The molecule has 41 heavy (non-hydrogen) atoms. The number of hydrogen-bond donors (Lipinski definition) is 3. The van der Waals surface area contributed by atoms with Crippen LogP contribution in [0.3, 0.4) is 0 Å². The van der Waals surface area contributed by atoms with Gasteiger partial charge in [0.05, 0.1) is 34.2 Å². The molecule has 2 atom stereocenters. The first kappa shape index (κ1) is 31.3. The van der Waals surface area contributed by atoms with E-state index in [1.54, 1.807) is 18.2 Å². The molecule has 2 heterocycles. The molecule has 1 amide bonds. The normalized spacial score (nSPS) is 17.6. The summed E-state index contributed by atoms with van der Waals surface area (Å²) >= 11 is 0.861. The SMILES string of the molecule is NS(=O)(=O)CCNC(=O)C(c1nc2ccc(-c3cccc(CN4CC[C@@H](O)C4)c3)cc2s1)S(=O)(=O)CCC(F)(F)F. The van der Waals surface area contributed by atoms with Crippen LogP contribution in [0.2, 0.25) is 0 Å². The molecule has 0 spiro atoms. The molecule has 1 aliphatic heterocycles. The Morgan fingerprint density at radius 1 is 1.15 bits per heavy atom. The largest absolute Gasteiger partial charge is 0.392 e. The van der Waals surface area contributed by atoms with E-state index in [9.17, 15) is 39.9 Å². The molecule has 0 bridgehead atoms. The number of hydrogen-bond acceptors (Lipinski definition) is 9. The third-order valence-corrected chi connectivity index (χ3v) is 10.4. The van der Waals surface area contributed by atoms with Gasteiger partial charge in [0.25, 0.3) is 0 Å². The number of alkyl halides is 3. The zero-order valence-electron chi connectivity index (χ0n) is 21.7. The number of carbonyl (C=O) groups excluding carboxylic acids is 1. The first-order valence-corrected chi connectivity index (χ1v) is 16.8. The molecule has 1 unspecified atom stereocenters. The van der Waals surface area contributed by atoms with Crippen molar-refractivity contribution in [1.29, 1.82) is 0 Å². The van der Waals surface area contributed by atoms with Crippen LogP contribution in [0.4, 0.5) is 13.2 Å². The second-order valence-electron chi connectivity index (χ2n) is 9.88. The van der Waals surface area contributed by atoms with E-state index in [-0.39, 0.29) is 11.1 Å². The number of carbonyl (C=O) groups is 1. The van der Waals surface area contributed by atoms with Crippen molar-refractivity contribution >= 4 is 47.3 Å². The summed E-state index contributed by atoms with van der Waals surface area (Å²) < 4.78 is 87.4. The summed E-state index contributed by atoms with van der Waals surface area (Å²) in [5, 5.41) is 14.6. The number of amides is 1. The third kappa shape index (κ3) is 8.68. The van der Waals surface area contributed by atoms with Crippen LogP contribution in [-0.2, 0) is 31.2 Å². The maximum atomic E-state index is 13.0. The lowest BCUT2D eigenvalue weighted by Gasteiger charge is -2.16. The Hall–Kier alpha value is -2.63. The Morgan fingerprint density at radius 3 is 2.54 bits per heavy atom. The van der Waals surface area contributed by atoms with Crippen LogP contribution in [0, 0.1) is 0 Å². The average Bonchev–Trinajstić information content (AvgIpc) is 3.46.